The summed E-state index contributed by atoms with van der Waals surface area (Å²) in [5, 5.41) is 2.98. The zero-order valence-electron chi connectivity index (χ0n) is 19.0. The zero-order chi connectivity index (χ0) is 23.2. The summed E-state index contributed by atoms with van der Waals surface area (Å²) in [6.07, 6.45) is 4.75. The number of rotatable bonds is 6. The van der Waals surface area contributed by atoms with E-state index >= 15 is 0 Å². The lowest BCUT2D eigenvalue weighted by Crippen LogP contribution is -2.46. The summed E-state index contributed by atoms with van der Waals surface area (Å²) in [6, 6.07) is 19.0. The molecule has 1 N–H and O–H groups in total. The van der Waals surface area contributed by atoms with Crippen LogP contribution in [0.3, 0.4) is 0 Å². The molecular weight excluding hydrogens is 415 g/mol. The first-order chi connectivity index (χ1) is 16.0. The van der Waals surface area contributed by atoms with Crippen molar-refractivity contribution in [3.05, 3.63) is 95.4 Å². The van der Waals surface area contributed by atoms with Crippen LogP contribution in [0, 0.1) is 12.7 Å². The fourth-order valence-corrected chi connectivity index (χ4v) is 4.09. The van der Waals surface area contributed by atoms with Gasteiger partial charge in [0.15, 0.2) is 0 Å². The fourth-order valence-electron chi connectivity index (χ4n) is 4.09. The lowest BCUT2D eigenvalue weighted by molar-refractivity contribution is -0.117. The summed E-state index contributed by atoms with van der Waals surface area (Å²) in [5.41, 5.74) is 3.41. The van der Waals surface area contributed by atoms with Gasteiger partial charge in [0.2, 0.25) is 5.91 Å². The predicted octanol–water partition coefficient (Wildman–Crippen LogP) is 4.75. The molecule has 1 amide bonds. The zero-order valence-corrected chi connectivity index (χ0v) is 19.0. The number of amides is 1. The second kappa shape index (κ2) is 10.3. The highest BCUT2D eigenvalue weighted by Gasteiger charge is 2.19. The minimum atomic E-state index is -0.331. The van der Waals surface area contributed by atoms with Crippen LogP contribution < -0.4 is 15.1 Å². The molecule has 6 heteroatoms. The van der Waals surface area contributed by atoms with Gasteiger partial charge in [-0.2, -0.15) is 0 Å². The van der Waals surface area contributed by atoms with E-state index < -0.39 is 0 Å². The monoisotopic (exact) mass is 444 g/mol. The highest BCUT2D eigenvalue weighted by Crippen LogP contribution is 2.23. The Balaban J connectivity index is 1.36. The number of aryl methyl sites for hydroxylation is 1. The topological polar surface area (TPSA) is 48.5 Å². The van der Waals surface area contributed by atoms with Crippen molar-refractivity contribution in [3.8, 4) is 0 Å². The van der Waals surface area contributed by atoms with Crippen LogP contribution in [0.25, 0.3) is 6.08 Å². The van der Waals surface area contributed by atoms with E-state index in [0.717, 1.165) is 48.8 Å². The van der Waals surface area contributed by atoms with Crippen LogP contribution in [-0.2, 0) is 4.79 Å². The van der Waals surface area contributed by atoms with Crippen LogP contribution in [-0.4, -0.2) is 37.1 Å². The third-order valence-electron chi connectivity index (χ3n) is 6.02. The molecule has 1 aromatic heterocycles. The van der Waals surface area contributed by atoms with E-state index in [-0.39, 0.29) is 17.8 Å². The van der Waals surface area contributed by atoms with E-state index in [2.05, 4.69) is 32.2 Å². The number of nitrogens with zero attached hydrogens (tertiary/aromatic N) is 3. The number of nitrogens with one attached hydrogen (secondary N) is 1. The quantitative estimate of drug-likeness (QED) is 0.558. The number of carbonyl (C=O) groups is 1. The number of hydrogen-bond donors (Lipinski definition) is 1. The Morgan fingerprint density at radius 2 is 1.79 bits per heavy atom. The molecule has 0 unspecified atom stereocenters. The van der Waals surface area contributed by atoms with Gasteiger partial charge in [0.05, 0.1) is 6.04 Å². The van der Waals surface area contributed by atoms with Crippen molar-refractivity contribution < 1.29 is 9.18 Å². The molecule has 1 aliphatic rings. The lowest BCUT2D eigenvalue weighted by atomic mass is 10.1. The van der Waals surface area contributed by atoms with Gasteiger partial charge in [0, 0.05) is 49.7 Å². The van der Waals surface area contributed by atoms with Gasteiger partial charge in [-0.1, -0.05) is 30.3 Å². The van der Waals surface area contributed by atoms with Gasteiger partial charge >= 0.3 is 0 Å². The molecule has 2 aromatic carbocycles. The Bertz CT molecular complexity index is 1100. The molecule has 3 aromatic rings. The highest BCUT2D eigenvalue weighted by atomic mass is 19.1. The van der Waals surface area contributed by atoms with E-state index in [9.17, 15) is 9.18 Å². The molecular formula is C27H29FN4O. The van der Waals surface area contributed by atoms with Crippen molar-refractivity contribution in [2.45, 2.75) is 19.9 Å². The number of benzene rings is 2. The van der Waals surface area contributed by atoms with E-state index in [4.69, 9.17) is 0 Å². The third-order valence-corrected chi connectivity index (χ3v) is 6.02. The molecule has 0 saturated carbocycles. The molecule has 1 atom stereocenters. The molecule has 0 radical (unpaired) electrons. The van der Waals surface area contributed by atoms with Crippen molar-refractivity contribution in [1.29, 1.82) is 0 Å². The second-order valence-corrected chi connectivity index (χ2v) is 8.29. The molecule has 4 rings (SSSR count). The van der Waals surface area contributed by atoms with Crippen LogP contribution in [0.2, 0.25) is 0 Å². The van der Waals surface area contributed by atoms with Crippen molar-refractivity contribution in [1.82, 2.24) is 10.3 Å². The van der Waals surface area contributed by atoms with Gasteiger partial charge in [-0.25, -0.2) is 9.37 Å². The normalized spacial score (nSPS) is 15.0. The number of aromatic nitrogens is 1. The summed E-state index contributed by atoms with van der Waals surface area (Å²) in [4.78, 5) is 21.5. The first kappa shape index (κ1) is 22.5. The van der Waals surface area contributed by atoms with Crippen molar-refractivity contribution in [2.75, 3.05) is 36.0 Å². The largest absolute Gasteiger partial charge is 0.368 e. The molecule has 170 valence electrons. The molecule has 1 fully saturated rings. The van der Waals surface area contributed by atoms with Crippen LogP contribution in [0.1, 0.15) is 29.7 Å². The number of pyridine rings is 1. The standard InChI is InChI=1S/C27H29FN4O/c1-20-7-5-10-25(28)24(20)12-13-27(33)30-21(2)22-8-6-9-23(19-22)31-15-17-32(18-16-31)26-11-3-4-14-29-26/h3-14,19,21H,15-18H2,1-2H3,(H,30,33)/b13-12+/t21-/m0/s1. The van der Waals surface area contributed by atoms with Crippen LogP contribution in [0.5, 0.6) is 0 Å². The summed E-state index contributed by atoms with van der Waals surface area (Å²) >= 11 is 0. The Hall–Kier alpha value is -3.67. The number of halogens is 1. The summed E-state index contributed by atoms with van der Waals surface area (Å²) in [6.45, 7) is 7.42. The second-order valence-electron chi connectivity index (χ2n) is 8.29. The predicted molar refractivity (Wildman–Crippen MR) is 132 cm³/mol. The van der Waals surface area contributed by atoms with E-state index in [1.54, 1.807) is 6.07 Å². The smallest absolute Gasteiger partial charge is 0.244 e. The summed E-state index contributed by atoms with van der Waals surface area (Å²) in [7, 11) is 0. The third kappa shape index (κ3) is 5.58. The number of piperazine rings is 1. The summed E-state index contributed by atoms with van der Waals surface area (Å²) < 4.78 is 14.0. The molecule has 0 spiro atoms. The first-order valence-electron chi connectivity index (χ1n) is 11.3. The average Bonchev–Trinajstić information content (AvgIpc) is 2.84. The first-order valence-corrected chi connectivity index (χ1v) is 11.3. The number of carbonyl (C=O) groups excluding carboxylic acids is 1. The van der Waals surface area contributed by atoms with Crippen LogP contribution in [0.4, 0.5) is 15.9 Å². The van der Waals surface area contributed by atoms with Crippen molar-refractivity contribution in [2.24, 2.45) is 0 Å². The SMILES string of the molecule is Cc1cccc(F)c1/C=C/C(=O)N[C@@H](C)c1cccc(N2CCN(c3ccccn3)CC2)c1. The molecule has 5 nitrogen and oxygen atoms in total. The highest BCUT2D eigenvalue weighted by molar-refractivity contribution is 5.92. The molecule has 33 heavy (non-hydrogen) atoms. The molecule has 1 saturated heterocycles. The van der Waals surface area contributed by atoms with Gasteiger partial charge < -0.3 is 15.1 Å². The Labute approximate surface area is 194 Å². The van der Waals surface area contributed by atoms with Crippen LogP contribution in [0.15, 0.2) is 72.9 Å². The average molecular weight is 445 g/mol. The maximum atomic E-state index is 14.0. The molecule has 0 aliphatic carbocycles. The fraction of sp³-hybridized carbons (Fsp3) is 0.259. The van der Waals surface area contributed by atoms with Gasteiger partial charge in [-0.05, 0) is 61.4 Å². The van der Waals surface area contributed by atoms with E-state index in [1.807, 2.05) is 56.4 Å². The van der Waals surface area contributed by atoms with E-state index in [0.29, 0.717) is 5.56 Å². The molecule has 2 heterocycles. The lowest BCUT2D eigenvalue weighted by Gasteiger charge is -2.37. The summed E-state index contributed by atoms with van der Waals surface area (Å²) in [5.74, 6) is 0.434. The molecule has 0 bridgehead atoms. The van der Waals surface area contributed by atoms with Gasteiger partial charge in [0.1, 0.15) is 11.6 Å². The van der Waals surface area contributed by atoms with Crippen LogP contribution >= 0.6 is 0 Å². The Morgan fingerprint density at radius 3 is 2.52 bits per heavy atom. The van der Waals surface area contributed by atoms with Crippen molar-refractivity contribution in [3.63, 3.8) is 0 Å². The van der Waals surface area contributed by atoms with E-state index in [1.165, 1.54) is 18.2 Å². The minimum absolute atomic E-state index is 0.168. The maximum Gasteiger partial charge on any atom is 0.244 e. The van der Waals surface area contributed by atoms with Gasteiger partial charge in [0.25, 0.3) is 0 Å². The molecule has 1 aliphatic heterocycles. The Morgan fingerprint density at radius 1 is 1.03 bits per heavy atom. The number of anilines is 2. The minimum Gasteiger partial charge on any atom is -0.368 e. The number of hydrogen-bond acceptors (Lipinski definition) is 4. The van der Waals surface area contributed by atoms with Gasteiger partial charge in [-0.15, -0.1) is 0 Å². The Kier molecular flexibility index (Phi) is 7.03. The maximum absolute atomic E-state index is 14.0. The van der Waals surface area contributed by atoms with Crippen molar-refractivity contribution >= 4 is 23.5 Å². The van der Waals surface area contributed by atoms with Gasteiger partial charge in [-0.3, -0.25) is 4.79 Å².